The van der Waals surface area contributed by atoms with Gasteiger partial charge in [-0.15, -0.1) is 0 Å². The maximum Gasteiger partial charge on any atom is 0.0894 e. The molecule has 2 nitrogen and oxygen atoms in total. The van der Waals surface area contributed by atoms with Gasteiger partial charge in [0.05, 0.1) is 22.4 Å². The fourth-order valence-electron chi connectivity index (χ4n) is 2.52. The number of hydrogen-bond acceptors (Lipinski definition) is 2. The second kappa shape index (κ2) is 4.02. The number of para-hydroxylation sites is 2. The molecule has 0 unspecified atom stereocenters. The van der Waals surface area contributed by atoms with Crippen molar-refractivity contribution in [1.29, 1.82) is 0 Å². The largest absolute Gasteiger partial charge is 0.249 e. The number of fused-ring (bicyclic) bond motifs is 3. The van der Waals surface area contributed by atoms with Crippen LogP contribution in [0.1, 0.15) is 22.5 Å². The summed E-state index contributed by atoms with van der Waals surface area (Å²) in [6.07, 6.45) is 5.04. The van der Waals surface area contributed by atoms with Crippen LogP contribution >= 0.6 is 0 Å². The Balaban J connectivity index is 1.96. The first-order chi connectivity index (χ1) is 9.40. The lowest BCUT2D eigenvalue weighted by Crippen LogP contribution is -1.99. The van der Waals surface area contributed by atoms with Crippen LogP contribution < -0.4 is 0 Å². The Labute approximate surface area is 111 Å². The molecule has 1 heterocycles. The van der Waals surface area contributed by atoms with Gasteiger partial charge in [0.1, 0.15) is 0 Å². The molecule has 0 amide bonds. The number of nitrogens with zero attached hydrogens (tertiary/aromatic N) is 2. The topological polar surface area (TPSA) is 25.8 Å². The van der Waals surface area contributed by atoms with Gasteiger partial charge in [-0.3, -0.25) is 0 Å². The van der Waals surface area contributed by atoms with Crippen molar-refractivity contribution < 1.29 is 0 Å². The predicted molar refractivity (Wildman–Crippen MR) is 77.7 cm³/mol. The Bertz CT molecular complexity index is 803. The standard InChI is InChI=1S/C17H12N2/c1-2-6-13-11-17-16(10-9-12(13)5-1)18-14-7-3-4-8-15(14)19-17/h1-10H,11H2. The van der Waals surface area contributed by atoms with Gasteiger partial charge in [-0.1, -0.05) is 42.5 Å². The van der Waals surface area contributed by atoms with E-state index in [4.69, 9.17) is 9.97 Å². The van der Waals surface area contributed by atoms with Crippen LogP contribution in [-0.2, 0) is 6.42 Å². The molecule has 0 fully saturated rings. The first-order valence-corrected chi connectivity index (χ1v) is 6.42. The highest BCUT2D eigenvalue weighted by Gasteiger charge is 2.12. The van der Waals surface area contributed by atoms with Crippen molar-refractivity contribution in [2.24, 2.45) is 0 Å². The highest BCUT2D eigenvalue weighted by atomic mass is 14.8. The minimum atomic E-state index is 0.844. The van der Waals surface area contributed by atoms with E-state index in [0.717, 1.165) is 28.8 Å². The van der Waals surface area contributed by atoms with Crippen LogP contribution in [0.2, 0.25) is 0 Å². The minimum Gasteiger partial charge on any atom is -0.249 e. The maximum absolute atomic E-state index is 4.76. The molecule has 0 saturated heterocycles. The average molecular weight is 244 g/mol. The van der Waals surface area contributed by atoms with Gasteiger partial charge in [0.15, 0.2) is 0 Å². The van der Waals surface area contributed by atoms with Crippen LogP contribution in [0.5, 0.6) is 0 Å². The van der Waals surface area contributed by atoms with Gasteiger partial charge < -0.3 is 0 Å². The molecule has 0 aliphatic heterocycles. The molecule has 1 aliphatic rings. The van der Waals surface area contributed by atoms with E-state index in [9.17, 15) is 0 Å². The van der Waals surface area contributed by atoms with Crippen molar-refractivity contribution in [3.05, 3.63) is 71.0 Å². The van der Waals surface area contributed by atoms with E-state index < -0.39 is 0 Å². The molecule has 0 spiro atoms. The van der Waals surface area contributed by atoms with Crippen molar-refractivity contribution in [2.75, 3.05) is 0 Å². The zero-order valence-corrected chi connectivity index (χ0v) is 10.4. The lowest BCUT2D eigenvalue weighted by molar-refractivity contribution is 1.06. The number of aromatic nitrogens is 2. The van der Waals surface area contributed by atoms with Crippen LogP contribution in [0.25, 0.3) is 23.2 Å². The quantitative estimate of drug-likeness (QED) is 0.471. The third-order valence-electron chi connectivity index (χ3n) is 3.51. The molecular formula is C17H12N2. The zero-order chi connectivity index (χ0) is 12.7. The van der Waals surface area contributed by atoms with E-state index in [1.165, 1.54) is 11.1 Å². The van der Waals surface area contributed by atoms with Crippen LogP contribution in [0, 0.1) is 0 Å². The summed E-state index contributed by atoms with van der Waals surface area (Å²) in [6, 6.07) is 16.5. The summed E-state index contributed by atoms with van der Waals surface area (Å²) in [7, 11) is 0. The van der Waals surface area contributed by atoms with E-state index >= 15 is 0 Å². The molecule has 0 atom stereocenters. The lowest BCUT2D eigenvalue weighted by Gasteiger charge is -2.06. The van der Waals surface area contributed by atoms with E-state index in [-0.39, 0.29) is 0 Å². The molecular weight excluding hydrogens is 232 g/mol. The Morgan fingerprint density at radius 1 is 0.737 bits per heavy atom. The first kappa shape index (κ1) is 10.4. The Kier molecular flexibility index (Phi) is 2.21. The zero-order valence-electron chi connectivity index (χ0n) is 10.4. The normalized spacial score (nSPS) is 12.8. The third kappa shape index (κ3) is 1.73. The maximum atomic E-state index is 4.76. The van der Waals surface area contributed by atoms with Gasteiger partial charge in [-0.2, -0.15) is 0 Å². The first-order valence-electron chi connectivity index (χ1n) is 6.42. The molecule has 0 saturated carbocycles. The van der Waals surface area contributed by atoms with Crippen LogP contribution in [-0.4, -0.2) is 9.97 Å². The predicted octanol–water partition coefficient (Wildman–Crippen LogP) is 3.70. The second-order valence-electron chi connectivity index (χ2n) is 4.75. The molecule has 0 radical (unpaired) electrons. The molecule has 90 valence electrons. The molecule has 2 heteroatoms. The summed E-state index contributed by atoms with van der Waals surface area (Å²) in [4.78, 5) is 9.47. The van der Waals surface area contributed by atoms with E-state index in [1.807, 2.05) is 24.3 Å². The van der Waals surface area contributed by atoms with E-state index in [1.54, 1.807) is 0 Å². The molecule has 4 rings (SSSR count). The number of hydrogen-bond donors (Lipinski definition) is 0. The SMILES string of the molecule is C1=Cc2nc3ccccc3nc2Cc2ccccc21. The fraction of sp³-hybridized carbons (Fsp3) is 0.0588. The van der Waals surface area contributed by atoms with Crippen molar-refractivity contribution in [2.45, 2.75) is 6.42 Å². The molecule has 19 heavy (non-hydrogen) atoms. The van der Waals surface area contributed by atoms with Gasteiger partial charge in [-0.05, 0) is 29.3 Å². The van der Waals surface area contributed by atoms with E-state index in [0.29, 0.717) is 0 Å². The summed E-state index contributed by atoms with van der Waals surface area (Å²) in [5, 5.41) is 0. The molecule has 1 aliphatic carbocycles. The molecule has 1 aromatic heterocycles. The summed E-state index contributed by atoms with van der Waals surface area (Å²) in [5.74, 6) is 0. The summed E-state index contributed by atoms with van der Waals surface area (Å²) >= 11 is 0. The number of rotatable bonds is 0. The van der Waals surface area contributed by atoms with Gasteiger partial charge in [0, 0.05) is 6.42 Å². The monoisotopic (exact) mass is 244 g/mol. The van der Waals surface area contributed by atoms with Crippen molar-refractivity contribution in [3.8, 4) is 0 Å². The minimum absolute atomic E-state index is 0.844. The summed E-state index contributed by atoms with van der Waals surface area (Å²) < 4.78 is 0. The van der Waals surface area contributed by atoms with Crippen molar-refractivity contribution >= 4 is 23.2 Å². The molecule has 2 aromatic carbocycles. The second-order valence-corrected chi connectivity index (χ2v) is 4.75. The highest BCUT2D eigenvalue weighted by molar-refractivity contribution is 5.79. The molecule has 0 N–H and O–H groups in total. The summed E-state index contributed by atoms with van der Waals surface area (Å²) in [6.45, 7) is 0. The fourth-order valence-corrected chi connectivity index (χ4v) is 2.52. The Morgan fingerprint density at radius 3 is 2.37 bits per heavy atom. The van der Waals surface area contributed by atoms with Crippen LogP contribution in [0.4, 0.5) is 0 Å². The van der Waals surface area contributed by atoms with Crippen molar-refractivity contribution in [1.82, 2.24) is 9.97 Å². The van der Waals surface area contributed by atoms with Crippen molar-refractivity contribution in [3.63, 3.8) is 0 Å². The average Bonchev–Trinajstić information content (AvgIpc) is 2.63. The van der Waals surface area contributed by atoms with Crippen LogP contribution in [0.3, 0.4) is 0 Å². The smallest absolute Gasteiger partial charge is 0.0894 e. The molecule has 3 aromatic rings. The summed E-state index contributed by atoms with van der Waals surface area (Å²) in [5.41, 5.74) is 6.52. The lowest BCUT2D eigenvalue weighted by atomic mass is 10.0. The Morgan fingerprint density at radius 2 is 1.47 bits per heavy atom. The number of benzene rings is 2. The van der Waals surface area contributed by atoms with Gasteiger partial charge in [-0.25, -0.2) is 9.97 Å². The third-order valence-corrected chi connectivity index (χ3v) is 3.51. The van der Waals surface area contributed by atoms with E-state index in [2.05, 4.69) is 36.4 Å². The van der Waals surface area contributed by atoms with Gasteiger partial charge in [0.25, 0.3) is 0 Å². The van der Waals surface area contributed by atoms with Gasteiger partial charge >= 0.3 is 0 Å². The molecule has 0 bridgehead atoms. The Hall–Kier alpha value is -2.48. The van der Waals surface area contributed by atoms with Gasteiger partial charge in [0.2, 0.25) is 0 Å². The van der Waals surface area contributed by atoms with Crippen LogP contribution in [0.15, 0.2) is 48.5 Å². The highest BCUT2D eigenvalue weighted by Crippen LogP contribution is 2.24.